The molecule has 2 N–H and O–H groups in total. The van der Waals surface area contributed by atoms with Crippen molar-refractivity contribution in [3.63, 3.8) is 0 Å². The topological polar surface area (TPSA) is 105 Å². The molecule has 0 radical (unpaired) electrons. The molecule has 10 heteroatoms. The quantitative estimate of drug-likeness (QED) is 0.458. The van der Waals surface area contributed by atoms with Gasteiger partial charge in [0.15, 0.2) is 0 Å². The first-order valence-corrected chi connectivity index (χ1v) is 17.2. The second-order valence-corrected chi connectivity index (χ2v) is 15.0. The van der Waals surface area contributed by atoms with Crippen molar-refractivity contribution in [2.75, 3.05) is 38.3 Å². The fourth-order valence-corrected chi connectivity index (χ4v) is 8.82. The maximum absolute atomic E-state index is 13.5. The smallest absolute Gasteiger partial charge is 0.264 e. The van der Waals surface area contributed by atoms with Gasteiger partial charge in [-0.25, -0.2) is 13.1 Å². The van der Waals surface area contributed by atoms with Crippen molar-refractivity contribution in [1.29, 1.82) is 0 Å². The summed E-state index contributed by atoms with van der Waals surface area (Å²) in [6, 6.07) is 11.0. The second kappa shape index (κ2) is 12.1. The average Bonchev–Trinajstić information content (AvgIpc) is 3.11. The van der Waals surface area contributed by atoms with Crippen LogP contribution >= 0.6 is 11.6 Å². The van der Waals surface area contributed by atoms with Gasteiger partial charge in [-0.05, 0) is 97.7 Å². The minimum atomic E-state index is -4.19. The van der Waals surface area contributed by atoms with Gasteiger partial charge >= 0.3 is 0 Å². The fraction of sp³-hybridized carbons (Fsp3) is 0.545. The van der Waals surface area contributed by atoms with Crippen LogP contribution in [0.1, 0.15) is 50.2 Å². The summed E-state index contributed by atoms with van der Waals surface area (Å²) < 4.78 is 41.8. The zero-order valence-electron chi connectivity index (χ0n) is 24.8. The molecule has 2 bridgehead atoms. The highest BCUT2D eigenvalue weighted by atomic mass is 35.5. The van der Waals surface area contributed by atoms with Gasteiger partial charge in [0.1, 0.15) is 5.75 Å². The molecule has 6 rings (SSSR count). The van der Waals surface area contributed by atoms with Crippen molar-refractivity contribution in [2.45, 2.75) is 61.9 Å². The lowest BCUT2D eigenvalue weighted by molar-refractivity contribution is -0.126. The van der Waals surface area contributed by atoms with E-state index in [9.17, 15) is 18.3 Å². The summed E-state index contributed by atoms with van der Waals surface area (Å²) in [6.45, 7) is 3.28. The minimum Gasteiger partial charge on any atom is -0.490 e. The number of rotatable bonds is 2. The average molecular weight is 629 g/mol. The molecule has 2 heterocycles. The van der Waals surface area contributed by atoms with E-state index < -0.39 is 28.5 Å². The first kappa shape index (κ1) is 30.4. The number of carbonyl (C=O) groups is 1. The SMILES string of the molecule is CO[C@@H]1/C=C\C[C@H](C)[C@@H](CO)C(=O)NS(=O)(=O)c2ccc3c(c2)N(C[C@@H]2CC[C@H]21)C[C@@]1(CCCc2cc(Cl)ccc21)CO3. The number of aliphatic hydroxyl groups is 1. The van der Waals surface area contributed by atoms with Gasteiger partial charge in [0, 0.05) is 30.6 Å². The number of ether oxygens (including phenoxy) is 2. The number of nitrogens with one attached hydrogen (secondary N) is 1. The first-order valence-electron chi connectivity index (χ1n) is 15.3. The van der Waals surface area contributed by atoms with Crippen LogP contribution in [-0.4, -0.2) is 58.9 Å². The third kappa shape index (κ3) is 5.81. The molecule has 1 amide bonds. The van der Waals surface area contributed by atoms with Crippen LogP contribution < -0.4 is 14.4 Å². The van der Waals surface area contributed by atoms with Crippen molar-refractivity contribution in [1.82, 2.24) is 4.72 Å². The molecule has 4 aliphatic rings. The highest BCUT2D eigenvalue weighted by Gasteiger charge is 2.44. The number of benzene rings is 2. The van der Waals surface area contributed by atoms with Gasteiger partial charge in [0.2, 0.25) is 5.91 Å². The summed E-state index contributed by atoms with van der Waals surface area (Å²) in [7, 11) is -2.46. The van der Waals surface area contributed by atoms with Crippen molar-refractivity contribution in [3.05, 3.63) is 64.7 Å². The molecule has 43 heavy (non-hydrogen) atoms. The Balaban J connectivity index is 1.44. The lowest BCUT2D eigenvalue weighted by atomic mass is 9.68. The molecule has 2 aliphatic carbocycles. The number of nitrogens with zero attached hydrogens (tertiary/aromatic N) is 1. The number of methoxy groups -OCH3 is 1. The highest BCUT2D eigenvalue weighted by molar-refractivity contribution is 7.90. The number of amides is 1. The van der Waals surface area contributed by atoms with Crippen molar-refractivity contribution < 1.29 is 27.8 Å². The first-order chi connectivity index (χ1) is 20.6. The van der Waals surface area contributed by atoms with Crippen LogP contribution in [0.4, 0.5) is 5.69 Å². The van der Waals surface area contributed by atoms with E-state index in [1.807, 2.05) is 19.1 Å². The van der Waals surface area contributed by atoms with Gasteiger partial charge in [-0.15, -0.1) is 0 Å². The number of anilines is 1. The summed E-state index contributed by atoms with van der Waals surface area (Å²) in [5.74, 6) is -0.553. The Kier molecular flexibility index (Phi) is 8.54. The van der Waals surface area contributed by atoms with E-state index in [0.717, 1.165) is 43.7 Å². The van der Waals surface area contributed by atoms with Crippen LogP contribution in [0.5, 0.6) is 5.75 Å². The molecular weight excluding hydrogens is 588 g/mol. The van der Waals surface area contributed by atoms with Crippen molar-refractivity contribution in [2.24, 2.45) is 23.7 Å². The lowest BCUT2D eigenvalue weighted by Gasteiger charge is -2.46. The number of hydrogen-bond donors (Lipinski definition) is 2. The summed E-state index contributed by atoms with van der Waals surface area (Å²) in [4.78, 5) is 15.4. The highest BCUT2D eigenvalue weighted by Crippen LogP contribution is 2.47. The number of halogens is 1. The third-order valence-electron chi connectivity index (χ3n) is 10.2. The molecule has 0 unspecified atom stereocenters. The standard InChI is InChI=1S/C33H41ClN2O6S/c1-21-5-3-7-30(41-2)26-11-8-23(26)17-36-19-33(14-4-6-22-15-24(34)9-12-28(22)33)20-42-31-13-10-25(16-29(31)36)43(39,40)35-32(38)27(21)18-37/h3,7,9-10,12-13,15-16,21,23,26-27,30,37H,4-6,8,11,14,17-20H2,1-2H3,(H,35,38)/b7-3-/t21-,23-,26+,27+,30+,33-/m0/s1. The molecule has 2 aliphatic heterocycles. The maximum Gasteiger partial charge on any atom is 0.264 e. The number of sulfonamides is 1. The fourth-order valence-electron chi connectivity index (χ4n) is 7.57. The van der Waals surface area contributed by atoms with Gasteiger partial charge in [0.25, 0.3) is 10.0 Å². The number of carbonyl (C=O) groups excluding carboxylic acids is 1. The van der Waals surface area contributed by atoms with Crippen molar-refractivity contribution in [3.8, 4) is 5.75 Å². The molecular formula is C33H41ClN2O6S. The Hall–Kier alpha value is -2.59. The molecule has 2 aromatic carbocycles. The van der Waals surface area contributed by atoms with E-state index in [1.54, 1.807) is 19.2 Å². The molecule has 232 valence electrons. The van der Waals surface area contributed by atoms with Gasteiger partial charge in [-0.1, -0.05) is 36.7 Å². The van der Waals surface area contributed by atoms with E-state index in [-0.39, 0.29) is 22.3 Å². The third-order valence-corrected chi connectivity index (χ3v) is 11.8. The Morgan fingerprint density at radius 1 is 1.21 bits per heavy atom. The molecule has 1 spiro atoms. The molecule has 1 saturated carbocycles. The predicted molar refractivity (Wildman–Crippen MR) is 166 cm³/mol. The second-order valence-electron chi connectivity index (χ2n) is 12.8. The van der Waals surface area contributed by atoms with Crippen LogP contribution in [0.2, 0.25) is 5.02 Å². The Labute approximate surface area is 259 Å². The zero-order chi connectivity index (χ0) is 30.4. The summed E-state index contributed by atoms with van der Waals surface area (Å²) >= 11 is 6.40. The molecule has 0 saturated heterocycles. The molecule has 2 aromatic rings. The Morgan fingerprint density at radius 3 is 2.79 bits per heavy atom. The number of fused-ring (bicyclic) bond motifs is 4. The van der Waals surface area contributed by atoms with E-state index in [2.05, 4.69) is 27.8 Å². The largest absolute Gasteiger partial charge is 0.490 e. The van der Waals surface area contributed by atoms with Crippen LogP contribution in [0.25, 0.3) is 0 Å². The van der Waals surface area contributed by atoms with Crippen LogP contribution in [0.15, 0.2) is 53.4 Å². The van der Waals surface area contributed by atoms with E-state index in [4.69, 9.17) is 21.1 Å². The number of aliphatic hydroxyl groups excluding tert-OH is 1. The van der Waals surface area contributed by atoms with E-state index >= 15 is 0 Å². The van der Waals surface area contributed by atoms with Crippen LogP contribution in [0, 0.1) is 23.7 Å². The maximum atomic E-state index is 13.5. The number of aryl methyl sites for hydroxylation is 1. The Morgan fingerprint density at radius 2 is 2.05 bits per heavy atom. The molecule has 6 atom stereocenters. The van der Waals surface area contributed by atoms with Crippen LogP contribution in [-0.2, 0) is 31.4 Å². The molecule has 1 fully saturated rings. The van der Waals surface area contributed by atoms with Gasteiger partial charge < -0.3 is 19.5 Å². The van der Waals surface area contributed by atoms with Gasteiger partial charge in [0.05, 0.1) is 35.8 Å². The van der Waals surface area contributed by atoms with Gasteiger partial charge in [-0.3, -0.25) is 4.79 Å². The molecule has 0 aromatic heterocycles. The summed E-state index contributed by atoms with van der Waals surface area (Å²) in [6.07, 6.45) is 9.56. The summed E-state index contributed by atoms with van der Waals surface area (Å²) in [5.41, 5.74) is 2.92. The van der Waals surface area contributed by atoms with Gasteiger partial charge in [-0.2, -0.15) is 0 Å². The number of hydrogen-bond acceptors (Lipinski definition) is 7. The molecule has 8 nitrogen and oxygen atoms in total. The number of allylic oxidation sites excluding steroid dienone is 1. The predicted octanol–water partition coefficient (Wildman–Crippen LogP) is 4.86. The summed E-state index contributed by atoms with van der Waals surface area (Å²) in [5, 5.41) is 10.8. The normalized spacial score (nSPS) is 32.8. The zero-order valence-corrected chi connectivity index (χ0v) is 26.4. The minimum absolute atomic E-state index is 0.00348. The monoisotopic (exact) mass is 628 g/mol. The van der Waals surface area contributed by atoms with E-state index in [1.165, 1.54) is 17.2 Å². The Bertz CT molecular complexity index is 1510. The van der Waals surface area contributed by atoms with Crippen molar-refractivity contribution >= 4 is 33.2 Å². The lowest BCUT2D eigenvalue weighted by Crippen LogP contribution is -2.49. The van der Waals surface area contributed by atoms with E-state index in [0.29, 0.717) is 42.8 Å². The van der Waals surface area contributed by atoms with Crippen LogP contribution in [0.3, 0.4) is 0 Å².